The first-order valence-electron chi connectivity index (χ1n) is 14.6. The van der Waals surface area contributed by atoms with Crippen LogP contribution in [0.4, 0.5) is 0 Å². The number of Topliss-reactive ketones (excluding diaryl/α,β-unsaturated/α-hetero) is 2. The number of rotatable bonds is 5. The number of esters is 1. The Morgan fingerprint density at radius 3 is 2.53 bits per heavy atom. The molecule has 5 aliphatic rings. The molecule has 0 unspecified atom stereocenters. The van der Waals surface area contributed by atoms with E-state index >= 15 is 0 Å². The van der Waals surface area contributed by atoms with Gasteiger partial charge >= 0.3 is 11.8 Å². The Hall–Kier alpha value is -3.48. The van der Waals surface area contributed by atoms with Crippen LogP contribution in [-0.4, -0.2) is 81.4 Å². The van der Waals surface area contributed by atoms with Crippen molar-refractivity contribution in [2.24, 2.45) is 11.3 Å². The summed E-state index contributed by atoms with van der Waals surface area (Å²) in [6.45, 7) is 6.05. The molecule has 0 amide bonds. The molecule has 1 aromatic rings. The number of aryl methyl sites for hydroxylation is 1. The molecule has 0 bridgehead atoms. The van der Waals surface area contributed by atoms with Crippen LogP contribution in [0, 0.1) is 18.3 Å². The molecule has 0 aromatic heterocycles. The third kappa shape index (κ3) is 4.21. The zero-order valence-electron chi connectivity index (χ0n) is 25.5. The molecule has 12 heteroatoms. The van der Waals surface area contributed by atoms with Crippen molar-refractivity contribution in [3.8, 4) is 11.5 Å². The van der Waals surface area contributed by atoms with E-state index in [1.807, 2.05) is 19.9 Å². The van der Waals surface area contributed by atoms with E-state index in [-0.39, 0.29) is 35.5 Å². The Balaban J connectivity index is 1.65. The van der Waals surface area contributed by atoms with E-state index < -0.39 is 76.0 Å². The first kappa shape index (κ1) is 31.5. The van der Waals surface area contributed by atoms with Gasteiger partial charge in [-0.1, -0.05) is 34.9 Å². The number of ether oxygens (including phenoxy) is 4. The second-order valence-corrected chi connectivity index (χ2v) is 13.1. The Bertz CT molecular complexity index is 1670. The lowest BCUT2D eigenvalue weighted by molar-refractivity contribution is -0.232. The summed E-state index contributed by atoms with van der Waals surface area (Å²) < 4.78 is 23.7. The highest BCUT2D eigenvalue weighted by atomic mass is 35.5. The highest BCUT2D eigenvalue weighted by molar-refractivity contribution is 6.44. The van der Waals surface area contributed by atoms with E-state index in [4.69, 9.17) is 30.5 Å². The van der Waals surface area contributed by atoms with Crippen molar-refractivity contribution in [3.63, 3.8) is 0 Å². The first-order valence-corrected chi connectivity index (χ1v) is 15.0. The number of hydrogen-bond donors (Lipinski definition) is 4. The van der Waals surface area contributed by atoms with E-state index in [0.29, 0.717) is 23.1 Å². The van der Waals surface area contributed by atoms with Crippen LogP contribution in [0.15, 0.2) is 57.4 Å². The van der Waals surface area contributed by atoms with Crippen molar-refractivity contribution in [1.29, 1.82) is 0 Å². The fourth-order valence-electron chi connectivity index (χ4n) is 7.67. The predicted molar refractivity (Wildman–Crippen MR) is 158 cm³/mol. The van der Waals surface area contributed by atoms with Crippen LogP contribution in [-0.2, 0) is 23.8 Å². The summed E-state index contributed by atoms with van der Waals surface area (Å²) in [7, 11) is 1.26. The lowest BCUT2D eigenvalue weighted by atomic mass is 9.53. The largest absolute Gasteiger partial charge is 0.507 e. The third-order valence-corrected chi connectivity index (χ3v) is 10.0. The summed E-state index contributed by atoms with van der Waals surface area (Å²) in [6.07, 6.45) is 0.760. The van der Waals surface area contributed by atoms with Gasteiger partial charge in [-0.05, 0) is 63.0 Å². The maximum atomic E-state index is 14.3. The zero-order valence-corrected chi connectivity index (χ0v) is 26.2. The van der Waals surface area contributed by atoms with Gasteiger partial charge < -0.3 is 39.4 Å². The quantitative estimate of drug-likeness (QED) is 0.211. The first-order chi connectivity index (χ1) is 21.2. The van der Waals surface area contributed by atoms with Crippen LogP contribution in [0.1, 0.15) is 56.0 Å². The number of aromatic hydroxyl groups is 1. The van der Waals surface area contributed by atoms with Crippen LogP contribution in [0.25, 0.3) is 0 Å². The number of allylic oxidation sites excluding steroid dienone is 4. The van der Waals surface area contributed by atoms with Gasteiger partial charge in [0.25, 0.3) is 5.78 Å². The average Bonchev–Trinajstić information content (AvgIpc) is 3.73. The number of methoxy groups -OCH3 is 1. The van der Waals surface area contributed by atoms with E-state index in [9.17, 15) is 34.8 Å². The summed E-state index contributed by atoms with van der Waals surface area (Å²) in [4.78, 5) is 42.2. The number of phenolic OH excluding ortho intramolecular Hbond substituents is 1. The fourth-order valence-corrected chi connectivity index (χ4v) is 7.98. The third-order valence-electron chi connectivity index (χ3n) is 9.65. The number of epoxide rings is 1. The Labute approximate surface area is 264 Å². The monoisotopic (exact) mass is 642 g/mol. The molecule has 0 radical (unpaired) electrons. The van der Waals surface area contributed by atoms with Crippen molar-refractivity contribution in [3.05, 3.63) is 68.5 Å². The summed E-state index contributed by atoms with van der Waals surface area (Å²) in [5.41, 5.74) is -1.06. The molecule has 2 heterocycles. The molecular formula is C33H35ClO11. The maximum absolute atomic E-state index is 14.3. The Morgan fingerprint density at radius 2 is 1.89 bits per heavy atom. The van der Waals surface area contributed by atoms with Crippen molar-refractivity contribution in [2.75, 3.05) is 13.7 Å². The Kier molecular flexibility index (Phi) is 7.37. The second-order valence-electron chi connectivity index (χ2n) is 12.8. The topological polar surface area (TPSA) is 172 Å². The number of halogens is 1. The smallest absolute Gasteiger partial charge is 0.349 e. The number of fused-ring (bicyclic) bond motifs is 4. The molecule has 3 aliphatic carbocycles. The molecule has 45 heavy (non-hydrogen) atoms. The molecule has 1 aromatic carbocycles. The van der Waals surface area contributed by atoms with Gasteiger partial charge in [0.1, 0.15) is 57.7 Å². The number of carbonyl (C=O) groups excluding carboxylic acids is 3. The normalized spacial score (nSPS) is 36.7. The lowest BCUT2D eigenvalue weighted by Crippen LogP contribution is -2.71. The second kappa shape index (κ2) is 10.5. The van der Waals surface area contributed by atoms with Gasteiger partial charge in [-0.25, -0.2) is 4.79 Å². The number of aliphatic hydroxyl groups is 3. The maximum Gasteiger partial charge on any atom is 0.349 e. The lowest BCUT2D eigenvalue weighted by Gasteiger charge is -2.56. The van der Waals surface area contributed by atoms with Gasteiger partial charge in [0.15, 0.2) is 5.78 Å². The highest BCUT2D eigenvalue weighted by Crippen LogP contribution is 2.64. The summed E-state index contributed by atoms with van der Waals surface area (Å²) in [5, 5.41) is 43.5. The molecule has 1 spiro atoms. The fraction of sp³-hybridized carbons (Fsp3) is 0.485. The molecule has 2 aliphatic heterocycles. The number of phenols is 1. The molecule has 1 saturated carbocycles. The number of aliphatic hydroxyl groups excluding tert-OH is 3. The van der Waals surface area contributed by atoms with Crippen molar-refractivity contribution in [2.45, 2.75) is 76.7 Å². The van der Waals surface area contributed by atoms with E-state index in [0.717, 1.165) is 5.57 Å². The predicted octanol–water partition coefficient (Wildman–Crippen LogP) is 3.06. The molecule has 4 N–H and O–H groups in total. The van der Waals surface area contributed by atoms with Gasteiger partial charge in [0, 0.05) is 12.8 Å². The highest BCUT2D eigenvalue weighted by Gasteiger charge is 2.76. The van der Waals surface area contributed by atoms with Gasteiger partial charge in [-0.3, -0.25) is 9.59 Å². The van der Waals surface area contributed by atoms with Crippen LogP contribution in [0.5, 0.6) is 11.5 Å². The van der Waals surface area contributed by atoms with E-state index in [1.54, 1.807) is 19.9 Å². The molecule has 2 fully saturated rings. The molecule has 1 saturated heterocycles. The van der Waals surface area contributed by atoms with Crippen molar-refractivity contribution in [1.82, 2.24) is 0 Å². The molecule has 11 nitrogen and oxygen atoms in total. The van der Waals surface area contributed by atoms with Gasteiger partial charge in [0.05, 0.1) is 19.1 Å². The summed E-state index contributed by atoms with van der Waals surface area (Å²) in [5.74, 6) is -8.02. The number of benzene rings is 1. The molecule has 6 rings (SSSR count). The van der Waals surface area contributed by atoms with Crippen molar-refractivity contribution < 1.29 is 53.8 Å². The van der Waals surface area contributed by atoms with Gasteiger partial charge in [-0.15, -0.1) is 0 Å². The minimum atomic E-state index is -2.74. The van der Waals surface area contributed by atoms with Crippen LogP contribution < -0.4 is 4.74 Å². The number of hydrogen-bond acceptors (Lipinski definition) is 11. The SMILES string of the molecule is COC1=C(Cl)C(=O)[C@]2(OC(=O)c3c(O)cc(C)cc3O2)[C@@]2(C(=O)CO)CC(C)=C/C(=C3/C[C@H](O)[C@@H]4O[C@]4(CC=C(C)C)[C@@H]3O)[C@@H]12. The summed E-state index contributed by atoms with van der Waals surface area (Å²) >= 11 is 6.70. The Morgan fingerprint density at radius 1 is 1.18 bits per heavy atom. The van der Waals surface area contributed by atoms with Gasteiger partial charge in [0.2, 0.25) is 0 Å². The zero-order chi connectivity index (χ0) is 32.8. The minimum Gasteiger partial charge on any atom is -0.507 e. The number of carbonyl (C=O) groups is 3. The molecule has 240 valence electrons. The van der Waals surface area contributed by atoms with E-state index in [2.05, 4.69) is 0 Å². The van der Waals surface area contributed by atoms with Gasteiger partial charge in [-0.2, -0.15) is 0 Å². The standard InChI is InChI=1S/C33H35ClO11/c1-14(2)6-7-32-27(39)18(11-20(37)29(32)44-32)17-8-16(4)12-31(22(38)13-35)24(17)26(42-5)25(34)28(40)33(31)43-21-10-15(3)9-19(36)23(21)30(41)45-33/h6,8-10,20,24,27,29,35-37,39H,7,11-13H2,1-5H3/b18-17+/t20-,24-,27+,29-,31+,32+,33-/m0/s1. The van der Waals surface area contributed by atoms with Crippen molar-refractivity contribution >= 4 is 29.1 Å². The average molecular weight is 643 g/mol. The van der Waals surface area contributed by atoms with E-state index in [1.165, 1.54) is 19.2 Å². The van der Waals surface area contributed by atoms with Crippen LogP contribution in [0.2, 0.25) is 0 Å². The summed E-state index contributed by atoms with van der Waals surface area (Å²) in [6, 6.07) is 2.74. The van der Waals surface area contributed by atoms with Crippen LogP contribution >= 0.6 is 11.6 Å². The minimum absolute atomic E-state index is 0.0481. The van der Waals surface area contributed by atoms with Crippen LogP contribution in [0.3, 0.4) is 0 Å². The molecule has 7 atom stereocenters. The number of ketones is 2. The molecular weight excluding hydrogens is 608 g/mol.